The van der Waals surface area contributed by atoms with Crippen molar-refractivity contribution < 1.29 is 13.9 Å². The number of aryl methyl sites for hydroxylation is 1. The van der Waals surface area contributed by atoms with E-state index >= 15 is 0 Å². The number of amides is 1. The molecule has 1 aliphatic rings. The number of ether oxygens (including phenoxy) is 1. The maximum Gasteiger partial charge on any atom is 0.255 e. The molecule has 0 bridgehead atoms. The van der Waals surface area contributed by atoms with Gasteiger partial charge in [-0.25, -0.2) is 0 Å². The van der Waals surface area contributed by atoms with E-state index in [9.17, 15) is 4.79 Å². The first kappa shape index (κ1) is 13.4. The van der Waals surface area contributed by atoms with Gasteiger partial charge in [0, 0.05) is 25.5 Å². The highest BCUT2D eigenvalue weighted by Gasteiger charge is 2.34. The molecule has 2 heterocycles. The van der Waals surface area contributed by atoms with Crippen LogP contribution in [0, 0.1) is 0 Å². The lowest BCUT2D eigenvalue weighted by Crippen LogP contribution is -2.53. The number of hydrogen-bond donors (Lipinski definition) is 1. The van der Waals surface area contributed by atoms with Crippen molar-refractivity contribution in [1.29, 1.82) is 0 Å². The third-order valence-corrected chi connectivity index (χ3v) is 3.91. The quantitative estimate of drug-likeness (QED) is 0.856. The molecule has 100 valence electrons. The van der Waals surface area contributed by atoms with Crippen molar-refractivity contribution in [2.75, 3.05) is 19.1 Å². The molecule has 1 amide bonds. The lowest BCUT2D eigenvalue weighted by molar-refractivity contribution is 0.0433. The second kappa shape index (κ2) is 5.76. The fourth-order valence-electron chi connectivity index (χ4n) is 2.18. The molecule has 1 fully saturated rings. The molecule has 1 aromatic heterocycles. The van der Waals surface area contributed by atoms with Gasteiger partial charge in [0.1, 0.15) is 5.76 Å². The molecule has 1 aliphatic heterocycles. The first-order valence-electron chi connectivity index (χ1n) is 6.23. The largest absolute Gasteiger partial charge is 0.469 e. The highest BCUT2D eigenvalue weighted by Crippen LogP contribution is 2.23. The smallest absolute Gasteiger partial charge is 0.255 e. The van der Waals surface area contributed by atoms with E-state index in [0.29, 0.717) is 36.8 Å². The standard InChI is InChI=1S/C13H18ClNO3/c1-2-11-10(3-6-18-11)12(16)15-13(9-14)4-7-17-8-5-13/h3,6H,2,4-5,7-9H2,1H3,(H,15,16). The minimum absolute atomic E-state index is 0.108. The van der Waals surface area contributed by atoms with Crippen LogP contribution in [0.2, 0.25) is 0 Å². The number of halogens is 1. The molecule has 1 N–H and O–H groups in total. The van der Waals surface area contributed by atoms with Crippen LogP contribution in [0.1, 0.15) is 35.9 Å². The van der Waals surface area contributed by atoms with Crippen LogP contribution in [0.3, 0.4) is 0 Å². The summed E-state index contributed by atoms with van der Waals surface area (Å²) < 4.78 is 10.6. The summed E-state index contributed by atoms with van der Waals surface area (Å²) in [5, 5.41) is 3.05. The van der Waals surface area contributed by atoms with Crippen LogP contribution < -0.4 is 5.32 Å². The third kappa shape index (κ3) is 2.70. The van der Waals surface area contributed by atoms with Gasteiger partial charge in [-0.3, -0.25) is 4.79 Å². The summed E-state index contributed by atoms with van der Waals surface area (Å²) in [6, 6.07) is 1.70. The Hall–Kier alpha value is -1.00. The SMILES string of the molecule is CCc1occc1C(=O)NC1(CCl)CCOCC1. The van der Waals surface area contributed by atoms with Gasteiger partial charge >= 0.3 is 0 Å². The van der Waals surface area contributed by atoms with E-state index in [1.54, 1.807) is 12.3 Å². The number of carbonyl (C=O) groups excluding carboxylic acids is 1. The van der Waals surface area contributed by atoms with Crippen molar-refractivity contribution in [3.63, 3.8) is 0 Å². The summed E-state index contributed by atoms with van der Waals surface area (Å²) in [6.45, 7) is 3.24. The van der Waals surface area contributed by atoms with E-state index in [0.717, 1.165) is 12.8 Å². The maximum atomic E-state index is 12.2. The molecule has 0 atom stereocenters. The Morgan fingerprint density at radius 2 is 2.22 bits per heavy atom. The van der Waals surface area contributed by atoms with E-state index in [1.807, 2.05) is 6.92 Å². The number of hydrogen-bond acceptors (Lipinski definition) is 3. The molecule has 0 aromatic carbocycles. The molecule has 2 rings (SSSR count). The summed E-state index contributed by atoms with van der Waals surface area (Å²) in [7, 11) is 0. The minimum atomic E-state index is -0.348. The van der Waals surface area contributed by atoms with Crippen molar-refractivity contribution in [3.8, 4) is 0 Å². The summed E-state index contributed by atoms with van der Waals surface area (Å²) in [5.74, 6) is 1.01. The number of nitrogens with one attached hydrogen (secondary N) is 1. The highest BCUT2D eigenvalue weighted by atomic mass is 35.5. The summed E-state index contributed by atoms with van der Waals surface area (Å²) in [4.78, 5) is 12.2. The molecule has 4 nitrogen and oxygen atoms in total. The van der Waals surface area contributed by atoms with Crippen molar-refractivity contribution in [2.45, 2.75) is 31.7 Å². The lowest BCUT2D eigenvalue weighted by atomic mass is 9.92. The third-order valence-electron chi connectivity index (χ3n) is 3.40. The van der Waals surface area contributed by atoms with Crippen LogP contribution >= 0.6 is 11.6 Å². The molecular weight excluding hydrogens is 254 g/mol. The van der Waals surface area contributed by atoms with Gasteiger partial charge in [-0.15, -0.1) is 11.6 Å². The van der Waals surface area contributed by atoms with Gasteiger partial charge in [-0.05, 0) is 18.9 Å². The first-order chi connectivity index (χ1) is 8.71. The van der Waals surface area contributed by atoms with E-state index in [2.05, 4.69) is 5.32 Å². The van der Waals surface area contributed by atoms with Gasteiger partial charge < -0.3 is 14.5 Å². The van der Waals surface area contributed by atoms with Crippen molar-refractivity contribution in [3.05, 3.63) is 23.7 Å². The van der Waals surface area contributed by atoms with Crippen LogP contribution in [0.5, 0.6) is 0 Å². The molecule has 0 saturated carbocycles. The monoisotopic (exact) mass is 271 g/mol. The van der Waals surface area contributed by atoms with Crippen molar-refractivity contribution in [1.82, 2.24) is 5.32 Å². The Labute approximate surface area is 112 Å². The number of carbonyl (C=O) groups is 1. The lowest BCUT2D eigenvalue weighted by Gasteiger charge is -2.36. The van der Waals surface area contributed by atoms with Crippen LogP contribution in [0.15, 0.2) is 16.7 Å². The summed E-state index contributed by atoms with van der Waals surface area (Å²) >= 11 is 6.02. The molecule has 0 aliphatic carbocycles. The number of rotatable bonds is 4. The van der Waals surface area contributed by atoms with Crippen molar-refractivity contribution >= 4 is 17.5 Å². The van der Waals surface area contributed by atoms with Gasteiger partial charge in [0.25, 0.3) is 5.91 Å². The highest BCUT2D eigenvalue weighted by molar-refractivity contribution is 6.19. The van der Waals surface area contributed by atoms with Crippen molar-refractivity contribution in [2.24, 2.45) is 0 Å². The Morgan fingerprint density at radius 1 is 1.50 bits per heavy atom. The molecule has 18 heavy (non-hydrogen) atoms. The zero-order chi connectivity index (χ0) is 13.0. The van der Waals surface area contributed by atoms with Crippen LogP contribution in [-0.2, 0) is 11.2 Å². The fourth-order valence-corrected chi connectivity index (χ4v) is 2.51. The maximum absolute atomic E-state index is 12.2. The molecule has 1 aromatic rings. The fraction of sp³-hybridized carbons (Fsp3) is 0.615. The Balaban J connectivity index is 2.10. The van der Waals surface area contributed by atoms with E-state index in [4.69, 9.17) is 20.8 Å². The van der Waals surface area contributed by atoms with E-state index in [1.165, 1.54) is 0 Å². The molecule has 0 radical (unpaired) electrons. The van der Waals surface area contributed by atoms with Gasteiger partial charge in [-0.1, -0.05) is 6.92 Å². The van der Waals surface area contributed by atoms with Crippen LogP contribution in [0.25, 0.3) is 0 Å². The normalized spacial score (nSPS) is 18.6. The average molecular weight is 272 g/mol. The Kier molecular flexibility index (Phi) is 4.30. The minimum Gasteiger partial charge on any atom is -0.469 e. The van der Waals surface area contributed by atoms with E-state index in [-0.39, 0.29) is 11.4 Å². The first-order valence-corrected chi connectivity index (χ1v) is 6.77. The van der Waals surface area contributed by atoms with E-state index < -0.39 is 0 Å². The zero-order valence-electron chi connectivity index (χ0n) is 10.5. The summed E-state index contributed by atoms with van der Waals surface area (Å²) in [6.07, 6.45) is 3.75. The predicted octanol–water partition coefficient (Wildman–Crippen LogP) is 2.36. The second-order valence-electron chi connectivity index (χ2n) is 4.59. The second-order valence-corrected chi connectivity index (χ2v) is 4.86. The predicted molar refractivity (Wildman–Crippen MR) is 69.1 cm³/mol. The number of alkyl halides is 1. The summed E-state index contributed by atoms with van der Waals surface area (Å²) in [5.41, 5.74) is 0.257. The Bertz CT molecular complexity index is 410. The van der Waals surface area contributed by atoms with Gasteiger partial charge in [0.2, 0.25) is 0 Å². The van der Waals surface area contributed by atoms with Gasteiger partial charge in [0.15, 0.2) is 0 Å². The van der Waals surface area contributed by atoms with Gasteiger partial charge in [-0.2, -0.15) is 0 Å². The van der Waals surface area contributed by atoms with Gasteiger partial charge in [0.05, 0.1) is 17.4 Å². The Morgan fingerprint density at radius 3 is 2.83 bits per heavy atom. The van der Waals surface area contributed by atoms with Crippen LogP contribution in [0.4, 0.5) is 0 Å². The topological polar surface area (TPSA) is 51.5 Å². The molecule has 1 saturated heterocycles. The molecular formula is C13H18ClNO3. The average Bonchev–Trinajstić information content (AvgIpc) is 2.88. The molecule has 5 heteroatoms. The number of furan rings is 1. The van der Waals surface area contributed by atoms with Crippen LogP contribution in [-0.4, -0.2) is 30.5 Å². The molecule has 0 unspecified atom stereocenters. The molecule has 0 spiro atoms. The zero-order valence-corrected chi connectivity index (χ0v) is 11.3.